The van der Waals surface area contributed by atoms with Crippen LogP contribution in [0.1, 0.15) is 27.3 Å². The van der Waals surface area contributed by atoms with E-state index in [0.29, 0.717) is 35.1 Å². The van der Waals surface area contributed by atoms with Gasteiger partial charge >= 0.3 is 0 Å². The van der Waals surface area contributed by atoms with Crippen molar-refractivity contribution >= 4 is 34.2 Å². The van der Waals surface area contributed by atoms with Crippen LogP contribution in [0, 0.1) is 11.3 Å². The van der Waals surface area contributed by atoms with Gasteiger partial charge < -0.3 is 15.0 Å². The smallest absolute Gasteiger partial charge is 0.255 e. The molecular formula is C24H17ClN4O2. The summed E-state index contributed by atoms with van der Waals surface area (Å²) in [6.07, 6.45) is 0. The van der Waals surface area contributed by atoms with Crippen LogP contribution in [-0.4, -0.2) is 29.1 Å². The molecule has 0 bridgehead atoms. The van der Waals surface area contributed by atoms with Crippen LogP contribution in [0.15, 0.2) is 66.7 Å². The topological polar surface area (TPSA) is 90.8 Å². The van der Waals surface area contributed by atoms with E-state index < -0.39 is 0 Å². The number of amides is 1. The highest BCUT2D eigenvalue weighted by molar-refractivity contribution is 6.31. The largest absolute Gasteiger partial charge is 0.378 e. The molecule has 4 aromatic rings. The monoisotopic (exact) mass is 428 g/mol. The number of nitrogens with zero attached hydrogens (tertiary/aromatic N) is 2. The first-order valence-electron chi connectivity index (χ1n) is 9.73. The van der Waals surface area contributed by atoms with Crippen molar-refractivity contribution in [3.63, 3.8) is 0 Å². The van der Waals surface area contributed by atoms with Gasteiger partial charge in [-0.2, -0.15) is 5.26 Å². The van der Waals surface area contributed by atoms with E-state index in [4.69, 9.17) is 26.6 Å². The second-order valence-electron chi connectivity index (χ2n) is 7.55. The summed E-state index contributed by atoms with van der Waals surface area (Å²) in [6, 6.07) is 21.9. The number of imidazole rings is 1. The van der Waals surface area contributed by atoms with Crippen molar-refractivity contribution in [2.45, 2.75) is 5.41 Å². The first-order valence-corrected chi connectivity index (χ1v) is 10.1. The van der Waals surface area contributed by atoms with Crippen molar-refractivity contribution in [3.8, 4) is 6.07 Å². The van der Waals surface area contributed by atoms with Gasteiger partial charge in [0.15, 0.2) is 0 Å². The molecule has 1 amide bonds. The number of ether oxygens (including phenoxy) is 1. The highest BCUT2D eigenvalue weighted by Gasteiger charge is 2.44. The minimum atomic E-state index is -0.366. The van der Waals surface area contributed by atoms with Crippen molar-refractivity contribution in [1.82, 2.24) is 9.97 Å². The van der Waals surface area contributed by atoms with E-state index in [1.54, 1.807) is 24.3 Å². The van der Waals surface area contributed by atoms with E-state index in [1.165, 1.54) is 0 Å². The highest BCUT2D eigenvalue weighted by atomic mass is 35.5. The zero-order valence-electron chi connectivity index (χ0n) is 16.4. The second-order valence-corrected chi connectivity index (χ2v) is 7.98. The number of fused-ring (bicyclic) bond motifs is 1. The number of hydrogen-bond acceptors (Lipinski definition) is 4. The van der Waals surface area contributed by atoms with Crippen molar-refractivity contribution < 1.29 is 9.53 Å². The summed E-state index contributed by atoms with van der Waals surface area (Å²) in [5, 5.41) is 12.5. The van der Waals surface area contributed by atoms with Gasteiger partial charge in [0.25, 0.3) is 5.91 Å². The van der Waals surface area contributed by atoms with Gasteiger partial charge in [0.05, 0.1) is 41.3 Å². The Labute approximate surface area is 183 Å². The number of benzene rings is 3. The maximum Gasteiger partial charge on any atom is 0.255 e. The highest BCUT2D eigenvalue weighted by Crippen LogP contribution is 2.39. The van der Waals surface area contributed by atoms with Crippen LogP contribution in [0.4, 0.5) is 5.69 Å². The third-order valence-electron chi connectivity index (χ3n) is 5.54. The average Bonchev–Trinajstić information content (AvgIpc) is 3.17. The predicted octanol–water partition coefficient (Wildman–Crippen LogP) is 4.66. The summed E-state index contributed by atoms with van der Waals surface area (Å²) >= 11 is 6.10. The number of halogens is 1. The normalized spacial score (nSPS) is 14.6. The molecule has 2 heterocycles. The fraction of sp³-hybridized carbons (Fsp3) is 0.125. The molecular weight excluding hydrogens is 412 g/mol. The first-order chi connectivity index (χ1) is 15.1. The molecule has 0 aliphatic carbocycles. The summed E-state index contributed by atoms with van der Waals surface area (Å²) in [4.78, 5) is 20.7. The molecule has 1 saturated heterocycles. The van der Waals surface area contributed by atoms with Crippen LogP contribution >= 0.6 is 11.6 Å². The number of aromatic amines is 1. The van der Waals surface area contributed by atoms with Crippen molar-refractivity contribution in [2.75, 3.05) is 18.5 Å². The van der Waals surface area contributed by atoms with Gasteiger partial charge in [-0.3, -0.25) is 4.79 Å². The molecule has 0 atom stereocenters. The lowest BCUT2D eigenvalue weighted by molar-refractivity contribution is -0.0416. The molecule has 0 unspecified atom stereocenters. The molecule has 0 saturated carbocycles. The number of nitriles is 1. The third kappa shape index (κ3) is 3.44. The molecule has 1 aliphatic rings. The minimum absolute atomic E-state index is 0.263. The van der Waals surface area contributed by atoms with E-state index in [2.05, 4.69) is 10.3 Å². The Morgan fingerprint density at radius 1 is 1.13 bits per heavy atom. The Hall–Kier alpha value is -3.66. The number of H-pyrrole nitrogens is 1. The van der Waals surface area contributed by atoms with Gasteiger partial charge in [-0.15, -0.1) is 0 Å². The fourth-order valence-corrected chi connectivity index (χ4v) is 3.93. The lowest BCUT2D eigenvalue weighted by Gasteiger charge is -2.40. The second kappa shape index (κ2) is 7.55. The summed E-state index contributed by atoms with van der Waals surface area (Å²) < 4.78 is 5.56. The van der Waals surface area contributed by atoms with Crippen LogP contribution in [0.3, 0.4) is 0 Å². The lowest BCUT2D eigenvalue weighted by Crippen LogP contribution is -2.48. The summed E-state index contributed by atoms with van der Waals surface area (Å²) in [7, 11) is 0. The Bertz CT molecular complexity index is 1330. The molecule has 1 fully saturated rings. The van der Waals surface area contributed by atoms with Crippen molar-refractivity contribution in [3.05, 3.63) is 94.3 Å². The molecule has 1 aliphatic heterocycles. The minimum Gasteiger partial charge on any atom is -0.378 e. The molecule has 31 heavy (non-hydrogen) atoms. The molecule has 1 aromatic heterocycles. The molecule has 0 spiro atoms. The molecule has 2 N–H and O–H groups in total. The van der Waals surface area contributed by atoms with Crippen LogP contribution < -0.4 is 5.32 Å². The third-order valence-corrected chi connectivity index (χ3v) is 5.78. The predicted molar refractivity (Wildman–Crippen MR) is 118 cm³/mol. The van der Waals surface area contributed by atoms with Crippen molar-refractivity contribution in [1.29, 1.82) is 5.26 Å². The number of carbonyl (C=O) groups excluding carboxylic acids is 1. The van der Waals surface area contributed by atoms with Gasteiger partial charge in [-0.05, 0) is 54.1 Å². The lowest BCUT2D eigenvalue weighted by atomic mass is 9.78. The molecule has 0 radical (unpaired) electrons. The Morgan fingerprint density at radius 3 is 2.65 bits per heavy atom. The summed E-state index contributed by atoms with van der Waals surface area (Å²) in [5.74, 6) is 0.571. The number of nitrogens with one attached hydrogen (secondary N) is 2. The Morgan fingerprint density at radius 2 is 1.94 bits per heavy atom. The first kappa shape index (κ1) is 19.3. The molecule has 7 heteroatoms. The zero-order valence-corrected chi connectivity index (χ0v) is 17.1. The van der Waals surface area contributed by atoms with Crippen LogP contribution in [0.25, 0.3) is 11.0 Å². The number of anilines is 1. The van der Waals surface area contributed by atoms with Crippen molar-refractivity contribution in [2.24, 2.45) is 0 Å². The van der Waals surface area contributed by atoms with Gasteiger partial charge in [-0.1, -0.05) is 29.8 Å². The van der Waals surface area contributed by atoms with Crippen LogP contribution in [0.5, 0.6) is 0 Å². The molecule has 3 aromatic carbocycles. The fourth-order valence-electron chi connectivity index (χ4n) is 3.76. The van der Waals surface area contributed by atoms with Gasteiger partial charge in [0.1, 0.15) is 5.82 Å². The zero-order chi connectivity index (χ0) is 21.4. The van der Waals surface area contributed by atoms with Gasteiger partial charge in [-0.25, -0.2) is 4.98 Å². The maximum absolute atomic E-state index is 12.5. The molecule has 152 valence electrons. The quantitative estimate of drug-likeness (QED) is 0.494. The average molecular weight is 429 g/mol. The number of aromatic nitrogens is 2. The van der Waals surface area contributed by atoms with Crippen LogP contribution in [0.2, 0.25) is 5.02 Å². The van der Waals surface area contributed by atoms with Gasteiger partial charge in [0, 0.05) is 16.3 Å². The number of hydrogen-bond donors (Lipinski definition) is 2. The SMILES string of the molecule is N#Cc1cccc(C(=O)Nc2ccc(C3(c4nc5ccc(Cl)cc5[nH]4)COC3)cc2)c1. The van der Waals surface area contributed by atoms with E-state index in [9.17, 15) is 4.79 Å². The summed E-state index contributed by atoms with van der Waals surface area (Å²) in [5.41, 5.74) is 3.98. The number of rotatable bonds is 4. The summed E-state index contributed by atoms with van der Waals surface area (Å²) in [6.45, 7) is 1.04. The molecule has 6 nitrogen and oxygen atoms in total. The Balaban J connectivity index is 1.40. The molecule has 5 rings (SSSR count). The maximum atomic E-state index is 12.5. The van der Waals surface area contributed by atoms with E-state index in [1.807, 2.05) is 48.5 Å². The standard InChI is InChI=1S/C24H17ClN4O2/c25-18-6-9-20-21(11-18)29-23(28-20)24(13-31-14-24)17-4-7-19(8-5-17)27-22(30)16-3-1-2-15(10-16)12-26/h1-11H,13-14H2,(H,27,30)(H,28,29). The number of carbonyl (C=O) groups is 1. The van der Waals surface area contributed by atoms with E-state index in [0.717, 1.165) is 22.4 Å². The van der Waals surface area contributed by atoms with Gasteiger partial charge in [0.2, 0.25) is 0 Å². The van der Waals surface area contributed by atoms with Crippen LogP contribution in [-0.2, 0) is 10.2 Å². The van der Waals surface area contributed by atoms with E-state index in [-0.39, 0.29) is 11.3 Å². The Kier molecular flexibility index (Phi) is 4.70. The van der Waals surface area contributed by atoms with E-state index >= 15 is 0 Å².